The molecule has 1 unspecified atom stereocenters. The van der Waals surface area contributed by atoms with Crippen LogP contribution in [0.3, 0.4) is 0 Å². The van der Waals surface area contributed by atoms with Crippen LogP contribution in [0.1, 0.15) is 37.8 Å². The zero-order valence-corrected chi connectivity index (χ0v) is 24.1. The van der Waals surface area contributed by atoms with Gasteiger partial charge in [0, 0.05) is 26.7 Å². The van der Waals surface area contributed by atoms with Crippen molar-refractivity contribution in [2.24, 2.45) is 0 Å². The fourth-order valence-electron chi connectivity index (χ4n) is 5.12. The first-order valence-electron chi connectivity index (χ1n) is 13.7. The minimum absolute atomic E-state index is 0.0786. The maximum absolute atomic E-state index is 15.5. The molecule has 0 saturated carbocycles. The predicted octanol–water partition coefficient (Wildman–Crippen LogP) is 1.92. The molecule has 0 spiro atoms. The second kappa shape index (κ2) is 14.3. The fraction of sp³-hybridized carbons (Fsp3) is 0.433. The largest absolute Gasteiger partial charge is 0.463 e. The standard InChI is InChI=1S/C30H32FNO12/c1-15(34)39-14-24-26(41-16(2)35)27(42-17(3)36)25(31)29(43-24)44-28(37)23(12-33)32-30(38)40-13-22-20-10-6-4-8-18(20)19-9-5-7-11-21(19)22/h4-11,22-27,29,33H,12-14H2,1-3H3,(H,32,38)/t23-,24+,25+,26+,27+,29?/m0/s1/i31-1. The normalized spacial score (nSPS) is 22.9. The van der Waals surface area contributed by atoms with Gasteiger partial charge in [0.15, 0.2) is 18.2 Å². The predicted molar refractivity (Wildman–Crippen MR) is 146 cm³/mol. The number of carbonyl (C=O) groups is 5. The molecular formula is C30H32FNO12. The summed E-state index contributed by atoms with van der Waals surface area (Å²) in [6, 6.07) is 13.6. The summed E-state index contributed by atoms with van der Waals surface area (Å²) in [7, 11) is 0. The summed E-state index contributed by atoms with van der Waals surface area (Å²) in [5, 5.41) is 12.0. The number of benzene rings is 2. The van der Waals surface area contributed by atoms with Crippen molar-refractivity contribution in [2.75, 3.05) is 19.8 Å². The van der Waals surface area contributed by atoms with Crippen LogP contribution in [0.5, 0.6) is 0 Å². The van der Waals surface area contributed by atoms with Gasteiger partial charge in [-0.1, -0.05) is 48.5 Å². The smallest absolute Gasteiger partial charge is 0.407 e. The number of rotatable bonds is 10. The van der Waals surface area contributed by atoms with Crippen LogP contribution in [-0.2, 0) is 47.6 Å². The Balaban J connectivity index is 1.42. The number of amides is 1. The molecule has 2 N–H and O–H groups in total. The summed E-state index contributed by atoms with van der Waals surface area (Å²) < 4.78 is 46.4. The molecular weight excluding hydrogens is 584 g/mol. The van der Waals surface area contributed by atoms with Gasteiger partial charge in [0.25, 0.3) is 0 Å². The first-order chi connectivity index (χ1) is 21.0. The highest BCUT2D eigenvalue weighted by atomic mass is 18.2. The minimum Gasteiger partial charge on any atom is -0.463 e. The number of aliphatic hydroxyl groups excluding tert-OH is 1. The van der Waals surface area contributed by atoms with Gasteiger partial charge in [-0.15, -0.1) is 0 Å². The van der Waals surface area contributed by atoms with E-state index in [1.165, 1.54) is 0 Å². The van der Waals surface area contributed by atoms with Crippen LogP contribution in [0.2, 0.25) is 0 Å². The van der Waals surface area contributed by atoms with E-state index in [1.54, 1.807) is 0 Å². The van der Waals surface area contributed by atoms with Crippen molar-refractivity contribution in [1.29, 1.82) is 0 Å². The molecule has 2 aromatic carbocycles. The number of aliphatic hydroxyl groups is 1. The molecule has 236 valence electrons. The molecule has 1 saturated heterocycles. The quantitative estimate of drug-likeness (QED) is 0.294. The fourth-order valence-corrected chi connectivity index (χ4v) is 5.12. The summed E-state index contributed by atoms with van der Waals surface area (Å²) in [4.78, 5) is 60.3. The van der Waals surface area contributed by atoms with Gasteiger partial charge in [0.05, 0.1) is 6.61 Å². The number of carbonyl (C=O) groups excluding carboxylic acids is 5. The van der Waals surface area contributed by atoms with Crippen LogP contribution < -0.4 is 5.32 Å². The lowest BCUT2D eigenvalue weighted by Gasteiger charge is -2.41. The number of hydrogen-bond acceptors (Lipinski definition) is 12. The first-order valence-corrected chi connectivity index (χ1v) is 13.7. The Morgan fingerprint density at radius 3 is 1.93 bits per heavy atom. The lowest BCUT2D eigenvalue weighted by atomic mass is 9.98. The van der Waals surface area contributed by atoms with Crippen LogP contribution in [0, 0.1) is 0 Å². The number of ether oxygens (including phenoxy) is 6. The highest BCUT2D eigenvalue weighted by molar-refractivity contribution is 5.82. The van der Waals surface area contributed by atoms with Gasteiger partial charge in [-0.25, -0.2) is 14.0 Å². The molecule has 14 heteroatoms. The van der Waals surface area contributed by atoms with Crippen molar-refractivity contribution in [2.45, 2.75) is 63.5 Å². The van der Waals surface area contributed by atoms with E-state index in [9.17, 15) is 29.1 Å². The third-order valence-corrected chi connectivity index (χ3v) is 6.96. The van der Waals surface area contributed by atoms with E-state index in [0.717, 1.165) is 43.0 Å². The first kappa shape index (κ1) is 32.4. The molecule has 13 nitrogen and oxygen atoms in total. The summed E-state index contributed by atoms with van der Waals surface area (Å²) in [5.74, 6) is -4.15. The third-order valence-electron chi connectivity index (χ3n) is 6.96. The molecule has 6 atom stereocenters. The van der Waals surface area contributed by atoms with E-state index in [1.807, 2.05) is 48.5 Å². The Hall–Kier alpha value is -4.56. The lowest BCUT2D eigenvalue weighted by Crippen LogP contribution is -2.61. The molecule has 2 aromatic rings. The second-order valence-electron chi connectivity index (χ2n) is 10.1. The van der Waals surface area contributed by atoms with Gasteiger partial charge >= 0.3 is 30.0 Å². The molecule has 1 amide bonds. The number of hydrogen-bond donors (Lipinski definition) is 2. The van der Waals surface area contributed by atoms with Crippen LogP contribution in [0.4, 0.5) is 9.18 Å². The second-order valence-corrected chi connectivity index (χ2v) is 10.1. The van der Waals surface area contributed by atoms with Crippen molar-refractivity contribution in [3.05, 3.63) is 59.7 Å². The van der Waals surface area contributed by atoms with Crippen LogP contribution in [-0.4, -0.2) is 91.7 Å². The average molecular weight is 617 g/mol. The molecule has 44 heavy (non-hydrogen) atoms. The van der Waals surface area contributed by atoms with E-state index < -0.39 is 80.0 Å². The molecule has 0 radical (unpaired) electrons. The Kier molecular flexibility index (Phi) is 10.5. The van der Waals surface area contributed by atoms with Gasteiger partial charge in [-0.2, -0.15) is 0 Å². The van der Waals surface area contributed by atoms with Crippen molar-refractivity contribution < 1.29 is 61.9 Å². The van der Waals surface area contributed by atoms with Crippen molar-refractivity contribution in [1.82, 2.24) is 5.32 Å². The van der Waals surface area contributed by atoms with Crippen molar-refractivity contribution in [3.8, 4) is 11.1 Å². The van der Waals surface area contributed by atoms with E-state index in [2.05, 4.69) is 5.32 Å². The topological polar surface area (TPSA) is 173 Å². The summed E-state index contributed by atoms with van der Waals surface area (Å²) in [6.45, 7) is 1.48. The number of fused-ring (bicyclic) bond motifs is 3. The molecule has 1 aliphatic heterocycles. The molecule has 1 heterocycles. The minimum atomic E-state index is -2.38. The highest BCUT2D eigenvalue weighted by Crippen LogP contribution is 2.44. The number of alkyl carbamates (subject to hydrolysis) is 1. The Morgan fingerprint density at radius 2 is 1.39 bits per heavy atom. The Bertz CT molecular complexity index is 1350. The lowest BCUT2D eigenvalue weighted by molar-refractivity contribution is -0.286. The molecule has 0 bridgehead atoms. The molecule has 4 rings (SSSR count). The summed E-state index contributed by atoms with van der Waals surface area (Å²) >= 11 is 0. The highest BCUT2D eigenvalue weighted by Gasteiger charge is 2.52. The maximum atomic E-state index is 15.5. The third kappa shape index (κ3) is 7.50. The van der Waals surface area contributed by atoms with Crippen LogP contribution >= 0.6 is 0 Å². The number of esters is 4. The SMILES string of the molecule is CC(=O)OC[C@H]1OC(OC(=O)[C@H](CO)NC(=O)OCC2c3ccccc3-c3ccccc32)[C@H]([18F])[C@@H](OC(C)=O)[C@@H]1OC(C)=O. The molecule has 2 aliphatic rings. The van der Waals surface area contributed by atoms with Gasteiger partial charge in [0.1, 0.15) is 19.3 Å². The Labute approximate surface area is 251 Å². The Morgan fingerprint density at radius 1 is 0.818 bits per heavy atom. The zero-order valence-electron chi connectivity index (χ0n) is 24.1. The summed E-state index contributed by atoms with van der Waals surface area (Å²) in [6.07, 6.45) is -10.3. The van der Waals surface area contributed by atoms with Crippen LogP contribution in [0.15, 0.2) is 48.5 Å². The number of nitrogens with one attached hydrogen (secondary N) is 1. The zero-order chi connectivity index (χ0) is 32.0. The van der Waals surface area contributed by atoms with E-state index >= 15 is 4.39 Å². The van der Waals surface area contributed by atoms with E-state index in [0.29, 0.717) is 0 Å². The van der Waals surface area contributed by atoms with Gasteiger partial charge in [0.2, 0.25) is 12.5 Å². The van der Waals surface area contributed by atoms with Gasteiger partial charge in [-0.05, 0) is 22.3 Å². The summed E-state index contributed by atoms with van der Waals surface area (Å²) in [5.41, 5.74) is 3.94. The number of alkyl halides is 1. The molecule has 1 aliphatic carbocycles. The van der Waals surface area contributed by atoms with Gasteiger partial charge in [-0.3, -0.25) is 14.4 Å². The van der Waals surface area contributed by atoms with Crippen molar-refractivity contribution >= 4 is 30.0 Å². The maximum Gasteiger partial charge on any atom is 0.407 e. The molecule has 1 fully saturated rings. The van der Waals surface area contributed by atoms with E-state index in [4.69, 9.17) is 28.4 Å². The average Bonchev–Trinajstić information content (AvgIpc) is 3.30. The number of halogens is 1. The van der Waals surface area contributed by atoms with Crippen LogP contribution in [0.25, 0.3) is 11.1 Å². The van der Waals surface area contributed by atoms with Crippen molar-refractivity contribution in [3.63, 3.8) is 0 Å². The van der Waals surface area contributed by atoms with Gasteiger partial charge < -0.3 is 38.8 Å². The molecule has 0 aromatic heterocycles. The monoisotopic (exact) mass is 616 g/mol. The van der Waals surface area contributed by atoms with E-state index in [-0.39, 0.29) is 12.5 Å².